The fraction of sp³-hybridized carbons (Fsp3) is 0.571. The van der Waals surface area contributed by atoms with Gasteiger partial charge in [-0.2, -0.15) is 0 Å². The first-order valence-corrected chi connectivity index (χ1v) is 8.01. The Morgan fingerprint density at radius 1 is 1.16 bits per heavy atom. The van der Waals surface area contributed by atoms with E-state index < -0.39 is 10.0 Å². The molecule has 2 N–H and O–H groups in total. The van der Waals surface area contributed by atoms with Crippen molar-refractivity contribution >= 4 is 15.7 Å². The summed E-state index contributed by atoms with van der Waals surface area (Å²) in [5, 5.41) is 3.38. The molecule has 0 aliphatic heterocycles. The first-order chi connectivity index (χ1) is 8.66. The van der Waals surface area contributed by atoms with E-state index in [1.54, 1.807) is 31.2 Å². The highest BCUT2D eigenvalue weighted by Gasteiger charge is 2.19. The molecule has 0 heterocycles. The largest absolute Gasteiger partial charge is 0.382 e. The van der Waals surface area contributed by atoms with E-state index in [2.05, 4.69) is 37.7 Å². The van der Waals surface area contributed by atoms with Crippen LogP contribution in [-0.2, 0) is 10.0 Å². The summed E-state index contributed by atoms with van der Waals surface area (Å²) in [6.45, 7) is 10.8. The van der Waals surface area contributed by atoms with Crippen molar-refractivity contribution in [2.45, 2.75) is 45.6 Å². The first-order valence-electron chi connectivity index (χ1n) is 6.53. The summed E-state index contributed by atoms with van der Waals surface area (Å²) >= 11 is 0. The van der Waals surface area contributed by atoms with Crippen molar-refractivity contribution in [2.75, 3.05) is 11.9 Å². The third kappa shape index (κ3) is 4.51. The number of anilines is 1. The lowest BCUT2D eigenvalue weighted by molar-refractivity contribution is 0.359. The molecule has 1 rings (SSSR count). The summed E-state index contributed by atoms with van der Waals surface area (Å²) in [6, 6.07) is 7.13. The zero-order valence-corrected chi connectivity index (χ0v) is 13.1. The van der Waals surface area contributed by atoms with E-state index in [4.69, 9.17) is 0 Å². The van der Waals surface area contributed by atoms with Crippen LogP contribution in [0.4, 0.5) is 5.69 Å². The standard InChI is InChI=1S/C14H24N2O2S/c1-6-15-19(17,18)13-9-7-12(8-10-13)16-11(2)14(3,4)5/h7-11,15-16H,6H2,1-5H3. The van der Waals surface area contributed by atoms with Gasteiger partial charge in [-0.1, -0.05) is 27.7 Å². The molecule has 1 atom stereocenters. The molecule has 4 nitrogen and oxygen atoms in total. The zero-order chi connectivity index (χ0) is 14.7. The molecule has 5 heteroatoms. The fourth-order valence-corrected chi connectivity index (χ4v) is 2.51. The number of hydrogen-bond acceptors (Lipinski definition) is 3. The molecule has 1 unspecified atom stereocenters. The van der Waals surface area contributed by atoms with Gasteiger partial charge < -0.3 is 5.32 Å². The van der Waals surface area contributed by atoms with Crippen molar-refractivity contribution in [1.82, 2.24) is 4.72 Å². The highest BCUT2D eigenvalue weighted by Crippen LogP contribution is 2.23. The van der Waals surface area contributed by atoms with Crippen LogP contribution < -0.4 is 10.0 Å². The third-order valence-corrected chi connectivity index (χ3v) is 4.74. The topological polar surface area (TPSA) is 58.2 Å². The van der Waals surface area contributed by atoms with E-state index in [0.29, 0.717) is 17.5 Å². The van der Waals surface area contributed by atoms with Crippen molar-refractivity contribution < 1.29 is 8.42 Å². The van der Waals surface area contributed by atoms with Crippen molar-refractivity contribution in [3.05, 3.63) is 24.3 Å². The van der Waals surface area contributed by atoms with E-state index in [1.165, 1.54) is 0 Å². The Balaban J connectivity index is 2.83. The van der Waals surface area contributed by atoms with Gasteiger partial charge in [0.25, 0.3) is 0 Å². The molecule has 1 aromatic rings. The van der Waals surface area contributed by atoms with Crippen LogP contribution in [-0.4, -0.2) is 21.0 Å². The smallest absolute Gasteiger partial charge is 0.240 e. The fourth-order valence-electron chi connectivity index (χ4n) is 1.47. The second-order valence-corrected chi connectivity index (χ2v) is 7.52. The number of hydrogen-bond donors (Lipinski definition) is 2. The second kappa shape index (κ2) is 5.92. The summed E-state index contributed by atoms with van der Waals surface area (Å²) in [7, 11) is -3.36. The zero-order valence-electron chi connectivity index (χ0n) is 12.3. The Morgan fingerprint density at radius 3 is 2.11 bits per heavy atom. The van der Waals surface area contributed by atoms with Gasteiger partial charge in [0.15, 0.2) is 0 Å². The van der Waals surface area contributed by atoms with Gasteiger partial charge in [0.05, 0.1) is 4.90 Å². The van der Waals surface area contributed by atoms with Gasteiger partial charge in [0.2, 0.25) is 10.0 Å². The maximum atomic E-state index is 11.8. The Morgan fingerprint density at radius 2 is 1.68 bits per heavy atom. The molecular weight excluding hydrogens is 260 g/mol. The maximum absolute atomic E-state index is 11.8. The summed E-state index contributed by atoms with van der Waals surface area (Å²) in [6.07, 6.45) is 0. The Labute approximate surface area is 116 Å². The summed E-state index contributed by atoms with van der Waals surface area (Å²) < 4.78 is 26.1. The van der Waals surface area contributed by atoms with Crippen molar-refractivity contribution in [3.63, 3.8) is 0 Å². The van der Waals surface area contributed by atoms with E-state index >= 15 is 0 Å². The Hall–Kier alpha value is -1.07. The summed E-state index contributed by atoms with van der Waals surface area (Å²) in [5.41, 5.74) is 1.08. The van der Waals surface area contributed by atoms with Gasteiger partial charge >= 0.3 is 0 Å². The molecule has 0 amide bonds. The molecule has 0 saturated carbocycles. The number of benzene rings is 1. The van der Waals surface area contributed by atoms with Crippen LogP contribution in [0.15, 0.2) is 29.2 Å². The molecular formula is C14H24N2O2S. The summed E-state index contributed by atoms with van der Waals surface area (Å²) in [5.74, 6) is 0. The molecule has 19 heavy (non-hydrogen) atoms. The molecule has 0 aliphatic carbocycles. The van der Waals surface area contributed by atoms with Crippen molar-refractivity contribution in [2.24, 2.45) is 5.41 Å². The van der Waals surface area contributed by atoms with Gasteiger partial charge in [0, 0.05) is 18.3 Å². The number of sulfonamides is 1. The molecule has 1 aromatic carbocycles. The molecule has 108 valence electrons. The van der Waals surface area contributed by atoms with E-state index in [0.717, 1.165) is 5.69 Å². The average Bonchev–Trinajstić information content (AvgIpc) is 2.28. The van der Waals surface area contributed by atoms with Crippen LogP contribution in [0, 0.1) is 5.41 Å². The monoisotopic (exact) mass is 284 g/mol. The summed E-state index contributed by atoms with van der Waals surface area (Å²) in [4.78, 5) is 0.295. The molecule has 0 aliphatic rings. The van der Waals surface area contributed by atoms with Gasteiger partial charge in [-0.25, -0.2) is 13.1 Å². The quantitative estimate of drug-likeness (QED) is 0.874. The predicted molar refractivity (Wildman–Crippen MR) is 79.8 cm³/mol. The highest BCUT2D eigenvalue weighted by atomic mass is 32.2. The Kier molecular flexibility index (Phi) is 4.98. The minimum absolute atomic E-state index is 0.147. The van der Waals surface area contributed by atoms with Crippen LogP contribution in [0.2, 0.25) is 0 Å². The van der Waals surface area contributed by atoms with Gasteiger partial charge in [-0.05, 0) is 36.6 Å². The van der Waals surface area contributed by atoms with E-state index in [-0.39, 0.29) is 5.41 Å². The van der Waals surface area contributed by atoms with Crippen LogP contribution in [0.25, 0.3) is 0 Å². The van der Waals surface area contributed by atoms with E-state index in [9.17, 15) is 8.42 Å². The van der Waals surface area contributed by atoms with E-state index in [1.807, 2.05) is 0 Å². The van der Waals surface area contributed by atoms with Crippen LogP contribution >= 0.6 is 0 Å². The molecule has 0 saturated heterocycles. The SMILES string of the molecule is CCNS(=O)(=O)c1ccc(NC(C)C(C)(C)C)cc1. The Bertz CT molecular complexity index is 501. The number of rotatable bonds is 5. The average molecular weight is 284 g/mol. The maximum Gasteiger partial charge on any atom is 0.240 e. The van der Waals surface area contributed by atoms with Crippen LogP contribution in [0.1, 0.15) is 34.6 Å². The normalized spacial score (nSPS) is 14.2. The lowest BCUT2D eigenvalue weighted by Crippen LogP contribution is -2.30. The van der Waals surface area contributed by atoms with Gasteiger partial charge in [0.1, 0.15) is 0 Å². The van der Waals surface area contributed by atoms with Crippen molar-refractivity contribution in [3.8, 4) is 0 Å². The minimum Gasteiger partial charge on any atom is -0.382 e. The van der Waals surface area contributed by atoms with Gasteiger partial charge in [-0.3, -0.25) is 0 Å². The number of nitrogens with one attached hydrogen (secondary N) is 2. The molecule has 0 bridgehead atoms. The lowest BCUT2D eigenvalue weighted by atomic mass is 9.88. The van der Waals surface area contributed by atoms with Crippen LogP contribution in [0.3, 0.4) is 0 Å². The van der Waals surface area contributed by atoms with Crippen LogP contribution in [0.5, 0.6) is 0 Å². The molecule has 0 radical (unpaired) electrons. The molecule has 0 spiro atoms. The third-order valence-electron chi connectivity index (χ3n) is 3.18. The van der Waals surface area contributed by atoms with Crippen molar-refractivity contribution in [1.29, 1.82) is 0 Å². The second-order valence-electron chi connectivity index (χ2n) is 5.76. The first kappa shape index (κ1) is 16.0. The van der Waals surface area contributed by atoms with Gasteiger partial charge in [-0.15, -0.1) is 0 Å². The minimum atomic E-state index is -3.36. The molecule has 0 fully saturated rings. The molecule has 0 aromatic heterocycles. The lowest BCUT2D eigenvalue weighted by Gasteiger charge is -2.29. The predicted octanol–water partition coefficient (Wildman–Crippen LogP) is 2.83. The highest BCUT2D eigenvalue weighted by molar-refractivity contribution is 7.89.